The number of ether oxygens (including phenoxy) is 2. The van der Waals surface area contributed by atoms with Gasteiger partial charge in [0.2, 0.25) is 0 Å². The van der Waals surface area contributed by atoms with E-state index in [0.717, 1.165) is 5.75 Å². The third kappa shape index (κ3) is 3.46. The summed E-state index contributed by atoms with van der Waals surface area (Å²) in [4.78, 5) is 11.6. The van der Waals surface area contributed by atoms with E-state index in [0.29, 0.717) is 5.56 Å². The Morgan fingerprint density at radius 3 is 2.88 bits per heavy atom. The third-order valence-corrected chi connectivity index (χ3v) is 3.57. The first-order valence-corrected chi connectivity index (χ1v) is 6.44. The first-order chi connectivity index (χ1) is 8.29. The van der Waals surface area contributed by atoms with Gasteiger partial charge in [-0.1, -0.05) is 18.2 Å². The van der Waals surface area contributed by atoms with Crippen LogP contribution in [0.5, 0.6) is 0 Å². The van der Waals surface area contributed by atoms with Gasteiger partial charge in [0.15, 0.2) is 0 Å². The summed E-state index contributed by atoms with van der Waals surface area (Å²) in [6, 6.07) is 8.85. The van der Waals surface area contributed by atoms with Crippen molar-refractivity contribution >= 4 is 17.7 Å². The highest BCUT2D eigenvalue weighted by atomic mass is 32.2. The average Bonchev–Trinajstić information content (AvgIpc) is 2.85. The Balaban J connectivity index is 1.78. The molecule has 0 radical (unpaired) electrons. The van der Waals surface area contributed by atoms with Crippen molar-refractivity contribution in [1.29, 1.82) is 0 Å². The number of esters is 1. The zero-order valence-corrected chi connectivity index (χ0v) is 10.1. The van der Waals surface area contributed by atoms with Crippen molar-refractivity contribution in [2.24, 2.45) is 0 Å². The summed E-state index contributed by atoms with van der Waals surface area (Å²) in [5, 5.41) is 8.89. The number of hydrogen-bond acceptors (Lipinski definition) is 5. The molecule has 2 atom stereocenters. The van der Waals surface area contributed by atoms with Crippen LogP contribution < -0.4 is 0 Å². The maximum atomic E-state index is 11.6. The van der Waals surface area contributed by atoms with Crippen molar-refractivity contribution in [2.75, 3.05) is 19.0 Å². The summed E-state index contributed by atoms with van der Waals surface area (Å²) in [6.07, 6.45) is -0.121. The minimum atomic E-state index is -0.341. The fourth-order valence-corrected chi connectivity index (χ4v) is 2.46. The van der Waals surface area contributed by atoms with Crippen LogP contribution in [-0.4, -0.2) is 41.6 Å². The molecule has 92 valence electrons. The molecule has 1 N–H and O–H groups in total. The Hall–Kier alpha value is -1.04. The highest BCUT2D eigenvalue weighted by Gasteiger charge is 2.26. The topological polar surface area (TPSA) is 55.8 Å². The number of aliphatic hydroxyl groups excluding tert-OH is 1. The average molecular weight is 254 g/mol. The van der Waals surface area contributed by atoms with E-state index in [4.69, 9.17) is 14.6 Å². The maximum absolute atomic E-state index is 11.6. The standard InChI is InChI=1S/C12H14O4S/c13-6-11-16-10(8-17-11)7-15-12(14)9-4-2-1-3-5-9/h1-5,10-11,13H,6-8H2. The van der Waals surface area contributed by atoms with E-state index in [2.05, 4.69) is 0 Å². The Morgan fingerprint density at radius 1 is 1.47 bits per heavy atom. The molecular formula is C12H14O4S. The number of benzene rings is 1. The Bertz CT molecular complexity index is 368. The summed E-state index contributed by atoms with van der Waals surface area (Å²) in [6.45, 7) is 0.227. The van der Waals surface area contributed by atoms with Crippen LogP contribution in [0.3, 0.4) is 0 Å². The van der Waals surface area contributed by atoms with E-state index < -0.39 is 0 Å². The molecule has 4 nitrogen and oxygen atoms in total. The van der Waals surface area contributed by atoms with Crippen molar-refractivity contribution in [3.8, 4) is 0 Å². The van der Waals surface area contributed by atoms with Crippen LogP contribution in [0, 0.1) is 0 Å². The van der Waals surface area contributed by atoms with E-state index in [9.17, 15) is 4.79 Å². The lowest BCUT2D eigenvalue weighted by molar-refractivity contribution is -0.0106. The molecule has 0 amide bonds. The second-order valence-electron chi connectivity index (χ2n) is 3.67. The Kier molecular flexibility index (Phi) is 4.42. The lowest BCUT2D eigenvalue weighted by Gasteiger charge is -2.11. The predicted molar refractivity (Wildman–Crippen MR) is 64.9 cm³/mol. The van der Waals surface area contributed by atoms with Crippen LogP contribution in [0.1, 0.15) is 10.4 Å². The first kappa shape index (κ1) is 12.4. The normalized spacial score (nSPS) is 23.6. The fraction of sp³-hybridized carbons (Fsp3) is 0.417. The molecule has 2 unspecified atom stereocenters. The quantitative estimate of drug-likeness (QED) is 0.821. The summed E-state index contributed by atoms with van der Waals surface area (Å²) in [5.74, 6) is 0.402. The molecule has 17 heavy (non-hydrogen) atoms. The minimum Gasteiger partial charge on any atom is -0.459 e. The molecular weight excluding hydrogens is 240 g/mol. The lowest BCUT2D eigenvalue weighted by Crippen LogP contribution is -2.22. The molecule has 1 aromatic carbocycles. The van der Waals surface area contributed by atoms with Gasteiger partial charge in [0.25, 0.3) is 0 Å². The van der Waals surface area contributed by atoms with Crippen LogP contribution in [0.15, 0.2) is 30.3 Å². The van der Waals surface area contributed by atoms with Crippen LogP contribution >= 0.6 is 11.8 Å². The second-order valence-corrected chi connectivity index (χ2v) is 4.86. The van der Waals surface area contributed by atoms with Crippen molar-refractivity contribution in [2.45, 2.75) is 11.5 Å². The molecule has 1 saturated heterocycles. The third-order valence-electron chi connectivity index (χ3n) is 2.37. The highest BCUT2D eigenvalue weighted by Crippen LogP contribution is 2.24. The molecule has 2 rings (SSSR count). The number of hydrogen-bond donors (Lipinski definition) is 1. The van der Waals surface area contributed by atoms with Gasteiger partial charge in [-0.3, -0.25) is 0 Å². The van der Waals surface area contributed by atoms with Gasteiger partial charge in [0, 0.05) is 5.75 Å². The molecule has 1 heterocycles. The van der Waals surface area contributed by atoms with Crippen molar-refractivity contribution in [1.82, 2.24) is 0 Å². The summed E-state index contributed by atoms with van der Waals surface area (Å²) in [5.41, 5.74) is 0.354. The molecule has 0 aromatic heterocycles. The predicted octanol–water partition coefficient (Wildman–Crippen LogP) is 1.29. The Morgan fingerprint density at radius 2 is 2.24 bits per heavy atom. The first-order valence-electron chi connectivity index (χ1n) is 5.39. The van der Waals surface area contributed by atoms with Crippen LogP contribution in [0.4, 0.5) is 0 Å². The van der Waals surface area contributed by atoms with Gasteiger partial charge in [-0.15, -0.1) is 11.8 Å². The van der Waals surface area contributed by atoms with Crippen LogP contribution in [0.2, 0.25) is 0 Å². The largest absolute Gasteiger partial charge is 0.459 e. The van der Waals surface area contributed by atoms with Crippen LogP contribution in [0.25, 0.3) is 0 Å². The van der Waals surface area contributed by atoms with Crippen LogP contribution in [-0.2, 0) is 9.47 Å². The summed E-state index contributed by atoms with van der Waals surface area (Å²) < 4.78 is 10.6. The van der Waals surface area contributed by atoms with E-state index >= 15 is 0 Å². The zero-order chi connectivity index (χ0) is 12.1. The molecule has 1 fully saturated rings. The molecule has 0 aliphatic carbocycles. The molecule has 0 bridgehead atoms. The number of thioether (sulfide) groups is 1. The molecule has 0 saturated carbocycles. The number of carbonyl (C=O) groups is 1. The lowest BCUT2D eigenvalue weighted by atomic mass is 10.2. The molecule has 1 aliphatic rings. The van der Waals surface area contributed by atoms with Gasteiger partial charge in [0.1, 0.15) is 18.1 Å². The van der Waals surface area contributed by atoms with Crippen molar-refractivity contribution in [3.63, 3.8) is 0 Å². The number of carbonyl (C=O) groups excluding carboxylic acids is 1. The van der Waals surface area contributed by atoms with Gasteiger partial charge < -0.3 is 14.6 Å². The van der Waals surface area contributed by atoms with Crippen molar-refractivity contribution in [3.05, 3.63) is 35.9 Å². The van der Waals surface area contributed by atoms with E-state index in [-0.39, 0.29) is 30.7 Å². The molecule has 5 heteroatoms. The number of aliphatic hydroxyl groups is 1. The van der Waals surface area contributed by atoms with E-state index in [1.54, 1.807) is 24.3 Å². The number of rotatable bonds is 4. The molecule has 1 aliphatic heterocycles. The van der Waals surface area contributed by atoms with E-state index in [1.165, 1.54) is 11.8 Å². The monoisotopic (exact) mass is 254 g/mol. The summed E-state index contributed by atoms with van der Waals surface area (Å²) >= 11 is 1.53. The van der Waals surface area contributed by atoms with Gasteiger partial charge >= 0.3 is 5.97 Å². The van der Waals surface area contributed by atoms with Crippen molar-refractivity contribution < 1.29 is 19.4 Å². The molecule has 0 spiro atoms. The smallest absolute Gasteiger partial charge is 0.338 e. The van der Waals surface area contributed by atoms with Gasteiger partial charge in [-0.05, 0) is 12.1 Å². The Labute approximate surface area is 104 Å². The molecule has 1 aromatic rings. The van der Waals surface area contributed by atoms with Gasteiger partial charge in [0.05, 0.1) is 12.2 Å². The minimum absolute atomic E-state index is 0.00615. The SMILES string of the molecule is O=C(OCC1CSC(CO)O1)c1ccccc1. The van der Waals surface area contributed by atoms with Gasteiger partial charge in [-0.25, -0.2) is 4.79 Å². The van der Waals surface area contributed by atoms with E-state index in [1.807, 2.05) is 6.07 Å². The zero-order valence-electron chi connectivity index (χ0n) is 9.24. The van der Waals surface area contributed by atoms with Gasteiger partial charge in [-0.2, -0.15) is 0 Å². The second kappa shape index (κ2) is 6.05. The highest BCUT2D eigenvalue weighted by molar-refractivity contribution is 8.00. The maximum Gasteiger partial charge on any atom is 0.338 e. The summed E-state index contributed by atoms with van der Waals surface area (Å²) in [7, 11) is 0. The fourth-order valence-electron chi connectivity index (χ4n) is 1.52.